The summed E-state index contributed by atoms with van der Waals surface area (Å²) in [5, 5.41) is 5.60. The third kappa shape index (κ3) is 4.23. The number of nitrogens with zero attached hydrogens (tertiary/aromatic N) is 1. The number of carbonyl (C=O) groups is 3. The molecule has 1 saturated carbocycles. The van der Waals surface area contributed by atoms with Crippen LogP contribution in [0.25, 0.3) is 0 Å². The lowest BCUT2D eigenvalue weighted by atomic mass is 9.65. The zero-order valence-electron chi connectivity index (χ0n) is 17.7. The van der Waals surface area contributed by atoms with Gasteiger partial charge in [0.25, 0.3) is 5.91 Å². The van der Waals surface area contributed by atoms with E-state index in [0.29, 0.717) is 30.2 Å². The molecule has 0 atom stereocenters. The molecule has 2 fully saturated rings. The van der Waals surface area contributed by atoms with Crippen molar-refractivity contribution in [2.45, 2.75) is 58.4 Å². The zero-order chi connectivity index (χ0) is 21.2. The van der Waals surface area contributed by atoms with Crippen LogP contribution in [-0.2, 0) is 9.59 Å². The second-order valence-electron chi connectivity index (χ2n) is 8.80. The minimum absolute atomic E-state index is 0.226. The molecular formula is C22H31N3O4. The second-order valence-corrected chi connectivity index (χ2v) is 8.80. The number of methoxy groups -OCH3 is 1. The van der Waals surface area contributed by atoms with Gasteiger partial charge in [-0.3, -0.25) is 14.5 Å². The van der Waals surface area contributed by atoms with E-state index in [1.807, 2.05) is 0 Å². The number of ether oxygens (including phenoxy) is 1. The highest BCUT2D eigenvalue weighted by molar-refractivity contribution is 6.10. The van der Waals surface area contributed by atoms with Crippen molar-refractivity contribution in [1.29, 1.82) is 0 Å². The molecule has 1 aromatic rings. The highest BCUT2D eigenvalue weighted by atomic mass is 16.5. The van der Waals surface area contributed by atoms with Gasteiger partial charge in [0.05, 0.1) is 7.11 Å². The molecule has 7 heteroatoms. The summed E-state index contributed by atoms with van der Waals surface area (Å²) in [4.78, 5) is 39.0. The SMILES string of the molecule is CCC(C)(C)C1CCC2(CC1)NC(=O)N(CC(=O)Nc1cccc(OC)c1)C2=O. The number of imide groups is 1. The van der Waals surface area contributed by atoms with E-state index in [-0.39, 0.29) is 17.9 Å². The lowest BCUT2D eigenvalue weighted by Crippen LogP contribution is -2.51. The highest BCUT2D eigenvalue weighted by Crippen LogP contribution is 2.45. The van der Waals surface area contributed by atoms with E-state index < -0.39 is 17.5 Å². The number of hydrogen-bond donors (Lipinski definition) is 2. The van der Waals surface area contributed by atoms with Crippen molar-refractivity contribution in [3.05, 3.63) is 24.3 Å². The van der Waals surface area contributed by atoms with Gasteiger partial charge in [-0.05, 0) is 49.1 Å². The lowest BCUT2D eigenvalue weighted by Gasteiger charge is -2.42. The topological polar surface area (TPSA) is 87.7 Å². The molecule has 158 valence electrons. The average molecular weight is 402 g/mol. The maximum atomic E-state index is 13.0. The molecule has 2 N–H and O–H groups in total. The summed E-state index contributed by atoms with van der Waals surface area (Å²) in [5.41, 5.74) is -0.0736. The molecule has 29 heavy (non-hydrogen) atoms. The number of benzene rings is 1. The van der Waals surface area contributed by atoms with E-state index in [1.165, 1.54) is 0 Å². The molecule has 0 radical (unpaired) electrons. The molecule has 1 saturated heterocycles. The molecule has 1 aliphatic carbocycles. The van der Waals surface area contributed by atoms with Gasteiger partial charge < -0.3 is 15.4 Å². The Labute approximate surface area is 172 Å². The van der Waals surface area contributed by atoms with Crippen LogP contribution in [0.5, 0.6) is 5.75 Å². The first-order chi connectivity index (χ1) is 13.7. The van der Waals surface area contributed by atoms with Crippen LogP contribution >= 0.6 is 0 Å². The fourth-order valence-electron chi connectivity index (χ4n) is 4.38. The van der Waals surface area contributed by atoms with E-state index in [1.54, 1.807) is 31.4 Å². The Balaban J connectivity index is 1.63. The van der Waals surface area contributed by atoms with Crippen LogP contribution in [0, 0.1) is 11.3 Å². The van der Waals surface area contributed by atoms with E-state index in [0.717, 1.165) is 24.2 Å². The predicted octanol–water partition coefficient (Wildman–Crippen LogP) is 3.55. The average Bonchev–Trinajstić information content (AvgIpc) is 2.92. The van der Waals surface area contributed by atoms with E-state index >= 15 is 0 Å². The second kappa shape index (κ2) is 8.05. The summed E-state index contributed by atoms with van der Waals surface area (Å²) in [6, 6.07) is 6.46. The number of rotatable bonds is 6. The van der Waals surface area contributed by atoms with Crippen molar-refractivity contribution >= 4 is 23.5 Å². The first kappa shape index (κ1) is 21.1. The van der Waals surface area contributed by atoms with Crippen molar-refractivity contribution in [2.75, 3.05) is 19.0 Å². The maximum Gasteiger partial charge on any atom is 0.325 e. The molecule has 1 spiro atoms. The maximum absolute atomic E-state index is 13.0. The smallest absolute Gasteiger partial charge is 0.325 e. The molecule has 2 aliphatic rings. The molecule has 3 rings (SSSR count). The van der Waals surface area contributed by atoms with Crippen LogP contribution in [0.3, 0.4) is 0 Å². The van der Waals surface area contributed by atoms with Crippen molar-refractivity contribution in [2.24, 2.45) is 11.3 Å². The van der Waals surface area contributed by atoms with Gasteiger partial charge in [-0.15, -0.1) is 0 Å². The van der Waals surface area contributed by atoms with Crippen LogP contribution in [0.1, 0.15) is 52.9 Å². The van der Waals surface area contributed by atoms with Crippen molar-refractivity contribution in [3.63, 3.8) is 0 Å². The Kier molecular flexibility index (Phi) is 5.87. The van der Waals surface area contributed by atoms with Crippen LogP contribution < -0.4 is 15.4 Å². The molecule has 7 nitrogen and oxygen atoms in total. The molecule has 1 aromatic carbocycles. The lowest BCUT2D eigenvalue weighted by molar-refractivity contribution is -0.135. The van der Waals surface area contributed by atoms with Gasteiger partial charge in [0.15, 0.2) is 0 Å². The number of amides is 4. The highest BCUT2D eigenvalue weighted by Gasteiger charge is 2.53. The normalized spacial score (nSPS) is 24.6. The quantitative estimate of drug-likeness (QED) is 0.714. The molecule has 4 amide bonds. The van der Waals surface area contributed by atoms with Crippen molar-refractivity contribution in [3.8, 4) is 5.75 Å². The van der Waals surface area contributed by atoms with E-state index in [2.05, 4.69) is 31.4 Å². The van der Waals surface area contributed by atoms with Crippen molar-refractivity contribution < 1.29 is 19.1 Å². The third-order valence-corrected chi connectivity index (χ3v) is 6.76. The minimum atomic E-state index is -0.854. The Hall–Kier alpha value is -2.57. The summed E-state index contributed by atoms with van der Waals surface area (Å²) in [6.45, 7) is 6.42. The number of nitrogens with one attached hydrogen (secondary N) is 2. The van der Waals surface area contributed by atoms with Gasteiger partial charge in [0.1, 0.15) is 17.8 Å². The van der Waals surface area contributed by atoms with Gasteiger partial charge >= 0.3 is 6.03 Å². The standard InChI is InChI=1S/C22H31N3O4/c1-5-21(2,3)15-9-11-22(12-10-15)19(27)25(20(28)24-22)14-18(26)23-16-7-6-8-17(13-16)29-4/h6-8,13,15H,5,9-12,14H2,1-4H3,(H,23,26)(H,24,28). The monoisotopic (exact) mass is 401 g/mol. The van der Waals surface area contributed by atoms with Gasteiger partial charge in [-0.1, -0.05) is 33.3 Å². The van der Waals surface area contributed by atoms with Crippen LogP contribution in [0.2, 0.25) is 0 Å². The summed E-state index contributed by atoms with van der Waals surface area (Å²) in [6.07, 6.45) is 4.13. The van der Waals surface area contributed by atoms with Gasteiger partial charge in [-0.25, -0.2) is 4.79 Å². The van der Waals surface area contributed by atoms with Gasteiger partial charge in [-0.2, -0.15) is 0 Å². The Bertz CT molecular complexity index is 797. The molecule has 0 aromatic heterocycles. The molecular weight excluding hydrogens is 370 g/mol. The first-order valence-corrected chi connectivity index (χ1v) is 10.3. The molecule has 1 heterocycles. The summed E-state index contributed by atoms with van der Waals surface area (Å²) < 4.78 is 5.14. The summed E-state index contributed by atoms with van der Waals surface area (Å²) in [7, 11) is 1.55. The minimum Gasteiger partial charge on any atom is -0.497 e. The van der Waals surface area contributed by atoms with Gasteiger partial charge in [0.2, 0.25) is 5.91 Å². The number of carbonyl (C=O) groups excluding carboxylic acids is 3. The fraction of sp³-hybridized carbons (Fsp3) is 0.591. The Morgan fingerprint density at radius 2 is 2.00 bits per heavy atom. The predicted molar refractivity (Wildman–Crippen MR) is 111 cm³/mol. The third-order valence-electron chi connectivity index (χ3n) is 6.76. The van der Waals surface area contributed by atoms with Crippen LogP contribution in [-0.4, -0.2) is 41.9 Å². The van der Waals surface area contributed by atoms with Crippen LogP contribution in [0.15, 0.2) is 24.3 Å². The van der Waals surface area contributed by atoms with Crippen molar-refractivity contribution in [1.82, 2.24) is 10.2 Å². The number of urea groups is 1. The first-order valence-electron chi connectivity index (χ1n) is 10.3. The van der Waals surface area contributed by atoms with Crippen LogP contribution in [0.4, 0.5) is 10.5 Å². The van der Waals surface area contributed by atoms with Gasteiger partial charge in [0, 0.05) is 11.8 Å². The fourth-order valence-corrected chi connectivity index (χ4v) is 4.38. The summed E-state index contributed by atoms with van der Waals surface area (Å²) in [5.74, 6) is 0.451. The van der Waals surface area contributed by atoms with E-state index in [9.17, 15) is 14.4 Å². The number of anilines is 1. The number of hydrogen-bond acceptors (Lipinski definition) is 4. The molecule has 0 unspecified atom stereocenters. The molecule has 1 aliphatic heterocycles. The van der Waals surface area contributed by atoms with E-state index in [4.69, 9.17) is 4.74 Å². The Morgan fingerprint density at radius 3 is 2.62 bits per heavy atom. The Morgan fingerprint density at radius 1 is 1.31 bits per heavy atom. The largest absolute Gasteiger partial charge is 0.497 e. The zero-order valence-corrected chi connectivity index (χ0v) is 17.7. The molecule has 0 bridgehead atoms. The summed E-state index contributed by atoms with van der Waals surface area (Å²) >= 11 is 0.